The van der Waals surface area contributed by atoms with Gasteiger partial charge in [0.05, 0.1) is 5.69 Å². The van der Waals surface area contributed by atoms with Crippen molar-refractivity contribution in [3.63, 3.8) is 0 Å². The maximum Gasteiger partial charge on any atom is 0.153 e. The highest BCUT2D eigenvalue weighted by Gasteiger charge is 2.15. The molecular formula is C15H20N4. The molecule has 0 spiro atoms. The molecule has 100 valence electrons. The molecule has 0 bridgehead atoms. The molecule has 0 fully saturated rings. The summed E-state index contributed by atoms with van der Waals surface area (Å²) in [6, 6.07) is 11.9. The molecule has 2 aromatic rings. The minimum atomic E-state index is 0.0221. The first-order valence-corrected chi connectivity index (χ1v) is 6.39. The van der Waals surface area contributed by atoms with Gasteiger partial charge in [-0.1, -0.05) is 32.9 Å². The molecule has 0 unspecified atom stereocenters. The fourth-order valence-corrected chi connectivity index (χ4v) is 1.67. The molecule has 0 aliphatic heterocycles. The first-order chi connectivity index (χ1) is 8.99. The Morgan fingerprint density at radius 2 is 1.68 bits per heavy atom. The van der Waals surface area contributed by atoms with Crippen LogP contribution in [0.2, 0.25) is 0 Å². The van der Waals surface area contributed by atoms with Crippen LogP contribution in [0.5, 0.6) is 0 Å². The van der Waals surface area contributed by atoms with Crippen molar-refractivity contribution in [1.29, 1.82) is 0 Å². The number of nitrogens with two attached hydrogens (primary N) is 1. The quantitative estimate of drug-likeness (QED) is 0.886. The van der Waals surface area contributed by atoms with Crippen molar-refractivity contribution in [2.75, 3.05) is 5.32 Å². The normalized spacial score (nSPS) is 11.4. The SMILES string of the molecule is CC(C)(C)c1ccc(Nc2ccc(CN)cc2)nn1. The number of nitrogens with one attached hydrogen (secondary N) is 1. The van der Waals surface area contributed by atoms with Crippen LogP contribution >= 0.6 is 0 Å². The molecule has 4 nitrogen and oxygen atoms in total. The largest absolute Gasteiger partial charge is 0.339 e. The van der Waals surface area contributed by atoms with Gasteiger partial charge in [-0.05, 0) is 29.8 Å². The second-order valence-electron chi connectivity index (χ2n) is 5.58. The van der Waals surface area contributed by atoms with E-state index in [2.05, 4.69) is 36.3 Å². The van der Waals surface area contributed by atoms with Gasteiger partial charge >= 0.3 is 0 Å². The maximum absolute atomic E-state index is 5.57. The van der Waals surface area contributed by atoms with Gasteiger partial charge in [-0.25, -0.2) is 0 Å². The van der Waals surface area contributed by atoms with E-state index in [-0.39, 0.29) is 5.41 Å². The van der Waals surface area contributed by atoms with Crippen LogP contribution in [0.1, 0.15) is 32.0 Å². The number of hydrogen-bond acceptors (Lipinski definition) is 4. The molecule has 19 heavy (non-hydrogen) atoms. The van der Waals surface area contributed by atoms with Crippen LogP contribution in [0.3, 0.4) is 0 Å². The van der Waals surface area contributed by atoms with Crippen LogP contribution in [-0.2, 0) is 12.0 Å². The lowest BCUT2D eigenvalue weighted by Gasteiger charge is -2.16. The van der Waals surface area contributed by atoms with E-state index >= 15 is 0 Å². The Kier molecular flexibility index (Phi) is 3.81. The predicted octanol–water partition coefficient (Wildman–Crippen LogP) is 2.98. The van der Waals surface area contributed by atoms with Crippen molar-refractivity contribution in [3.05, 3.63) is 47.7 Å². The van der Waals surface area contributed by atoms with Gasteiger partial charge in [-0.3, -0.25) is 0 Å². The molecule has 2 rings (SSSR count). The summed E-state index contributed by atoms with van der Waals surface area (Å²) < 4.78 is 0. The Balaban J connectivity index is 2.10. The van der Waals surface area contributed by atoms with Crippen molar-refractivity contribution in [1.82, 2.24) is 10.2 Å². The minimum absolute atomic E-state index is 0.0221. The van der Waals surface area contributed by atoms with E-state index in [4.69, 9.17) is 5.73 Å². The van der Waals surface area contributed by atoms with Gasteiger partial charge in [0.2, 0.25) is 0 Å². The van der Waals surface area contributed by atoms with Gasteiger partial charge in [0.25, 0.3) is 0 Å². The molecule has 0 amide bonds. The summed E-state index contributed by atoms with van der Waals surface area (Å²) in [6.45, 7) is 6.92. The van der Waals surface area contributed by atoms with Crippen molar-refractivity contribution in [3.8, 4) is 0 Å². The molecule has 0 radical (unpaired) electrons. The summed E-state index contributed by atoms with van der Waals surface area (Å²) in [5.41, 5.74) is 8.66. The van der Waals surface area contributed by atoms with Crippen LogP contribution in [0, 0.1) is 0 Å². The van der Waals surface area contributed by atoms with Gasteiger partial charge in [0.1, 0.15) is 0 Å². The van der Waals surface area contributed by atoms with Crippen molar-refractivity contribution in [2.45, 2.75) is 32.7 Å². The summed E-state index contributed by atoms with van der Waals surface area (Å²) in [4.78, 5) is 0. The Hall–Kier alpha value is -1.94. The summed E-state index contributed by atoms with van der Waals surface area (Å²) in [5.74, 6) is 0.744. The van der Waals surface area contributed by atoms with E-state index in [1.165, 1.54) is 0 Å². The Bertz CT molecular complexity index is 524. The molecule has 4 heteroatoms. The topological polar surface area (TPSA) is 63.8 Å². The molecule has 3 N–H and O–H groups in total. The third kappa shape index (κ3) is 3.51. The number of rotatable bonds is 3. The van der Waals surface area contributed by atoms with Crippen molar-refractivity contribution >= 4 is 11.5 Å². The maximum atomic E-state index is 5.57. The molecule has 1 heterocycles. The van der Waals surface area contributed by atoms with Crippen LogP contribution in [0.4, 0.5) is 11.5 Å². The number of aromatic nitrogens is 2. The third-order valence-electron chi connectivity index (χ3n) is 2.90. The fourth-order valence-electron chi connectivity index (χ4n) is 1.67. The molecule has 0 aliphatic carbocycles. The standard InChI is InChI=1S/C15H20N4/c1-15(2,3)13-8-9-14(19-18-13)17-12-6-4-11(10-16)5-7-12/h4-9H,10,16H2,1-3H3,(H,17,19). The highest BCUT2D eigenvalue weighted by Crippen LogP contribution is 2.21. The highest BCUT2D eigenvalue weighted by atomic mass is 15.2. The first kappa shape index (κ1) is 13.5. The van der Waals surface area contributed by atoms with Crippen LogP contribution in [0.15, 0.2) is 36.4 Å². The zero-order chi connectivity index (χ0) is 13.9. The summed E-state index contributed by atoms with van der Waals surface area (Å²) in [6.07, 6.45) is 0. The monoisotopic (exact) mass is 256 g/mol. The zero-order valence-electron chi connectivity index (χ0n) is 11.6. The average Bonchev–Trinajstić information content (AvgIpc) is 2.39. The summed E-state index contributed by atoms with van der Waals surface area (Å²) in [7, 11) is 0. The fraction of sp³-hybridized carbons (Fsp3) is 0.333. The minimum Gasteiger partial charge on any atom is -0.339 e. The molecular weight excluding hydrogens is 236 g/mol. The van der Waals surface area contributed by atoms with Gasteiger partial charge in [-0.2, -0.15) is 5.10 Å². The zero-order valence-corrected chi connectivity index (χ0v) is 11.6. The molecule has 0 aliphatic rings. The van der Waals surface area contributed by atoms with Crippen LogP contribution in [0.25, 0.3) is 0 Å². The highest BCUT2D eigenvalue weighted by molar-refractivity contribution is 5.55. The smallest absolute Gasteiger partial charge is 0.153 e. The molecule has 0 saturated heterocycles. The van der Waals surface area contributed by atoms with Crippen LogP contribution < -0.4 is 11.1 Å². The Morgan fingerprint density at radius 1 is 1.00 bits per heavy atom. The van der Waals surface area contributed by atoms with Gasteiger partial charge < -0.3 is 11.1 Å². The van der Waals surface area contributed by atoms with E-state index in [1.54, 1.807) is 0 Å². The lowest BCUT2D eigenvalue weighted by atomic mass is 9.92. The van der Waals surface area contributed by atoms with Crippen LogP contribution in [-0.4, -0.2) is 10.2 Å². The second kappa shape index (κ2) is 5.36. The lowest BCUT2D eigenvalue weighted by Crippen LogP contribution is -2.14. The predicted molar refractivity (Wildman–Crippen MR) is 78.3 cm³/mol. The van der Waals surface area contributed by atoms with E-state index in [0.29, 0.717) is 6.54 Å². The van der Waals surface area contributed by atoms with E-state index in [9.17, 15) is 0 Å². The molecule has 0 saturated carbocycles. The number of nitrogens with zero attached hydrogens (tertiary/aromatic N) is 2. The number of benzene rings is 1. The molecule has 1 aromatic carbocycles. The van der Waals surface area contributed by atoms with Crippen molar-refractivity contribution < 1.29 is 0 Å². The summed E-state index contributed by atoms with van der Waals surface area (Å²) >= 11 is 0. The van der Waals surface area contributed by atoms with E-state index in [1.807, 2.05) is 36.4 Å². The van der Waals surface area contributed by atoms with Gasteiger partial charge in [0, 0.05) is 17.6 Å². The van der Waals surface area contributed by atoms with Gasteiger partial charge in [0.15, 0.2) is 5.82 Å². The van der Waals surface area contributed by atoms with Crippen molar-refractivity contribution in [2.24, 2.45) is 5.73 Å². The Labute approximate surface area is 114 Å². The Morgan fingerprint density at radius 3 is 2.16 bits per heavy atom. The lowest BCUT2D eigenvalue weighted by molar-refractivity contribution is 0.559. The second-order valence-corrected chi connectivity index (χ2v) is 5.58. The summed E-state index contributed by atoms with van der Waals surface area (Å²) in [5, 5.41) is 11.7. The third-order valence-corrected chi connectivity index (χ3v) is 2.90. The van der Waals surface area contributed by atoms with E-state index in [0.717, 1.165) is 22.8 Å². The number of anilines is 2. The van der Waals surface area contributed by atoms with E-state index < -0.39 is 0 Å². The average molecular weight is 256 g/mol. The number of hydrogen-bond donors (Lipinski definition) is 2. The molecule has 1 aromatic heterocycles. The molecule has 0 atom stereocenters. The van der Waals surface area contributed by atoms with Gasteiger partial charge in [-0.15, -0.1) is 5.10 Å². The first-order valence-electron chi connectivity index (χ1n) is 6.39.